The van der Waals surface area contributed by atoms with Gasteiger partial charge >= 0.3 is 16.1 Å². The maximum atomic E-state index is 12.6. The summed E-state index contributed by atoms with van der Waals surface area (Å²) >= 11 is 0. The number of carbonyl (C=O) groups excluding carboxylic acids is 1. The summed E-state index contributed by atoms with van der Waals surface area (Å²) in [6, 6.07) is 5.79. The van der Waals surface area contributed by atoms with Crippen LogP contribution in [0.25, 0.3) is 0 Å². The van der Waals surface area contributed by atoms with Gasteiger partial charge in [-0.2, -0.15) is 8.42 Å². The van der Waals surface area contributed by atoms with E-state index < -0.39 is 22.0 Å². The van der Waals surface area contributed by atoms with E-state index in [-0.39, 0.29) is 17.5 Å². The minimum Gasteiger partial charge on any atom is -0.481 e. The molecule has 7 heteroatoms. The normalized spacial score (nSPS) is 20.4. The Labute approximate surface area is 162 Å². The summed E-state index contributed by atoms with van der Waals surface area (Å²) in [5, 5.41) is 0. The minimum atomic E-state index is -4.16. The van der Waals surface area contributed by atoms with Gasteiger partial charge in [-0.25, -0.2) is 0 Å². The van der Waals surface area contributed by atoms with Gasteiger partial charge in [0.05, 0.1) is 5.92 Å². The summed E-state index contributed by atoms with van der Waals surface area (Å²) in [5.41, 5.74) is 0. The van der Waals surface area contributed by atoms with E-state index in [4.69, 9.17) is 8.92 Å². The molecule has 2 rings (SSSR count). The third-order valence-electron chi connectivity index (χ3n) is 4.81. The molecule has 27 heavy (non-hydrogen) atoms. The van der Waals surface area contributed by atoms with Crippen molar-refractivity contribution < 1.29 is 22.1 Å². The SMILES string of the molecule is CC#CCOc1ccc(S(=O)(=O)OC(=O)C2CCCN(CC)C2CC)cc1. The standard InChI is InChI=1S/C20H27NO5S/c1-4-7-15-25-16-10-12-17(13-11-16)27(23,24)26-20(22)18-9-8-14-21(6-3)19(18)5-2/h10-13,18-19H,5-6,8-9,14-15H2,1-3H3. The van der Waals surface area contributed by atoms with Crippen LogP contribution < -0.4 is 4.74 Å². The van der Waals surface area contributed by atoms with Crippen LogP contribution in [0.5, 0.6) is 5.75 Å². The van der Waals surface area contributed by atoms with Gasteiger partial charge in [0.1, 0.15) is 17.3 Å². The fourth-order valence-electron chi connectivity index (χ4n) is 3.45. The molecule has 0 aromatic heterocycles. The summed E-state index contributed by atoms with van der Waals surface area (Å²) in [7, 11) is -4.16. The molecule has 1 heterocycles. The van der Waals surface area contributed by atoms with E-state index >= 15 is 0 Å². The van der Waals surface area contributed by atoms with Crippen LogP contribution in [0, 0.1) is 17.8 Å². The Morgan fingerprint density at radius 3 is 2.56 bits per heavy atom. The van der Waals surface area contributed by atoms with Gasteiger partial charge in [0.2, 0.25) is 0 Å². The van der Waals surface area contributed by atoms with Crippen molar-refractivity contribution in [2.24, 2.45) is 5.92 Å². The van der Waals surface area contributed by atoms with E-state index in [0.717, 1.165) is 25.9 Å². The number of piperidine rings is 1. The molecule has 0 saturated carbocycles. The number of nitrogens with zero attached hydrogens (tertiary/aromatic N) is 1. The molecule has 2 unspecified atom stereocenters. The molecule has 6 nitrogen and oxygen atoms in total. The summed E-state index contributed by atoms with van der Waals surface area (Å²) in [5.74, 6) is 4.88. The first-order valence-corrected chi connectivity index (χ1v) is 10.7. The Hall–Kier alpha value is -2.04. The lowest BCUT2D eigenvalue weighted by Crippen LogP contribution is -2.48. The summed E-state index contributed by atoms with van der Waals surface area (Å²) < 4.78 is 35.3. The molecule has 0 bridgehead atoms. The van der Waals surface area contributed by atoms with Crippen LogP contribution in [-0.2, 0) is 19.1 Å². The molecule has 0 spiro atoms. The lowest BCUT2D eigenvalue weighted by Gasteiger charge is -2.39. The largest absolute Gasteiger partial charge is 0.481 e. The minimum absolute atomic E-state index is 0.0156. The second-order valence-electron chi connectivity index (χ2n) is 6.40. The van der Waals surface area contributed by atoms with E-state index in [1.54, 1.807) is 6.92 Å². The zero-order valence-corrected chi connectivity index (χ0v) is 16.9. The maximum Gasteiger partial charge on any atom is 0.341 e. The van der Waals surface area contributed by atoms with Crippen LogP contribution >= 0.6 is 0 Å². The van der Waals surface area contributed by atoms with Crippen molar-refractivity contribution in [2.45, 2.75) is 51.0 Å². The highest BCUT2D eigenvalue weighted by Crippen LogP contribution is 2.28. The average Bonchev–Trinajstić information content (AvgIpc) is 2.67. The van der Waals surface area contributed by atoms with Crippen LogP contribution in [0.2, 0.25) is 0 Å². The quantitative estimate of drug-likeness (QED) is 0.524. The molecule has 1 aliphatic heterocycles. The van der Waals surface area contributed by atoms with Crippen molar-refractivity contribution in [1.29, 1.82) is 0 Å². The maximum absolute atomic E-state index is 12.6. The van der Waals surface area contributed by atoms with Gasteiger partial charge in [0, 0.05) is 6.04 Å². The van der Waals surface area contributed by atoms with Crippen LogP contribution in [0.15, 0.2) is 29.2 Å². The highest BCUT2D eigenvalue weighted by atomic mass is 32.2. The van der Waals surface area contributed by atoms with Crippen molar-refractivity contribution in [3.05, 3.63) is 24.3 Å². The highest BCUT2D eigenvalue weighted by Gasteiger charge is 2.37. The van der Waals surface area contributed by atoms with Gasteiger partial charge in [-0.15, -0.1) is 5.92 Å². The van der Waals surface area contributed by atoms with Gasteiger partial charge in [-0.05, 0) is 63.5 Å². The van der Waals surface area contributed by atoms with Gasteiger partial charge < -0.3 is 8.92 Å². The lowest BCUT2D eigenvalue weighted by atomic mass is 9.87. The second kappa shape index (κ2) is 9.77. The molecule has 1 aliphatic rings. The summed E-state index contributed by atoms with van der Waals surface area (Å²) in [4.78, 5) is 14.7. The highest BCUT2D eigenvalue weighted by molar-refractivity contribution is 7.87. The number of hydrogen-bond donors (Lipinski definition) is 0. The number of likely N-dealkylation sites (tertiary alicyclic amines) is 1. The van der Waals surface area contributed by atoms with Crippen LogP contribution in [0.4, 0.5) is 0 Å². The van der Waals surface area contributed by atoms with Gasteiger partial charge in [0.15, 0.2) is 0 Å². The van der Waals surface area contributed by atoms with E-state index in [2.05, 4.69) is 16.7 Å². The first-order chi connectivity index (χ1) is 12.9. The Kier molecular flexibility index (Phi) is 7.69. The fraction of sp³-hybridized carbons (Fsp3) is 0.550. The Bertz CT molecular complexity index is 792. The zero-order chi connectivity index (χ0) is 19.9. The van der Waals surface area contributed by atoms with Crippen LogP contribution in [0.1, 0.15) is 40.0 Å². The third-order valence-corrected chi connectivity index (χ3v) is 6.05. The molecular formula is C20H27NO5S. The Morgan fingerprint density at radius 1 is 1.26 bits per heavy atom. The van der Waals surface area contributed by atoms with E-state index in [1.807, 2.05) is 13.8 Å². The predicted octanol–water partition coefficient (Wildman–Crippen LogP) is 2.83. The molecule has 0 radical (unpaired) electrons. The van der Waals surface area contributed by atoms with Crippen molar-refractivity contribution in [3.63, 3.8) is 0 Å². The Morgan fingerprint density at radius 2 is 1.96 bits per heavy atom. The summed E-state index contributed by atoms with van der Waals surface area (Å²) in [6.45, 7) is 7.75. The van der Waals surface area contributed by atoms with E-state index in [0.29, 0.717) is 12.2 Å². The van der Waals surface area contributed by atoms with Gasteiger partial charge in [0.25, 0.3) is 0 Å². The van der Waals surface area contributed by atoms with Crippen molar-refractivity contribution in [2.75, 3.05) is 19.7 Å². The monoisotopic (exact) mass is 393 g/mol. The predicted molar refractivity (Wildman–Crippen MR) is 103 cm³/mol. The molecule has 0 N–H and O–H groups in total. The first kappa shape index (κ1) is 21.3. The molecule has 2 atom stereocenters. The molecule has 1 saturated heterocycles. The summed E-state index contributed by atoms with van der Waals surface area (Å²) in [6.07, 6.45) is 2.28. The third kappa shape index (κ3) is 5.47. The van der Waals surface area contributed by atoms with Crippen LogP contribution in [0.3, 0.4) is 0 Å². The van der Waals surface area contributed by atoms with Crippen molar-refractivity contribution in [3.8, 4) is 17.6 Å². The van der Waals surface area contributed by atoms with E-state index in [9.17, 15) is 13.2 Å². The van der Waals surface area contributed by atoms with E-state index in [1.165, 1.54) is 24.3 Å². The number of benzene rings is 1. The molecule has 0 aliphatic carbocycles. The first-order valence-electron chi connectivity index (χ1n) is 9.27. The molecule has 1 aromatic carbocycles. The zero-order valence-electron chi connectivity index (χ0n) is 16.1. The van der Waals surface area contributed by atoms with Crippen molar-refractivity contribution >= 4 is 16.1 Å². The molecule has 0 amide bonds. The number of rotatable bonds is 7. The second-order valence-corrected chi connectivity index (χ2v) is 7.94. The fourth-order valence-corrected chi connectivity index (χ4v) is 4.35. The number of carbonyl (C=O) groups is 1. The molecule has 1 fully saturated rings. The Balaban J connectivity index is 2.07. The van der Waals surface area contributed by atoms with Gasteiger partial charge in [-0.1, -0.05) is 19.8 Å². The lowest BCUT2D eigenvalue weighted by molar-refractivity contribution is -0.142. The number of hydrogen-bond acceptors (Lipinski definition) is 6. The van der Waals surface area contributed by atoms with Gasteiger partial charge in [-0.3, -0.25) is 9.69 Å². The smallest absolute Gasteiger partial charge is 0.341 e. The van der Waals surface area contributed by atoms with Crippen LogP contribution in [-0.4, -0.2) is 45.0 Å². The topological polar surface area (TPSA) is 72.9 Å². The molecular weight excluding hydrogens is 366 g/mol. The molecule has 148 valence electrons. The van der Waals surface area contributed by atoms with Crippen molar-refractivity contribution in [1.82, 2.24) is 4.90 Å². The number of ether oxygens (including phenoxy) is 1. The molecule has 1 aromatic rings. The average molecular weight is 394 g/mol.